The predicted molar refractivity (Wildman–Crippen MR) is 63.5 cm³/mol. The molecule has 0 bridgehead atoms. The molecule has 0 aliphatic carbocycles. The minimum absolute atomic E-state index is 0.358. The fraction of sp³-hybridized carbons (Fsp3) is 0.455. The van der Waals surface area contributed by atoms with E-state index in [4.69, 9.17) is 10.5 Å². The zero-order chi connectivity index (χ0) is 11.4. The first-order chi connectivity index (χ1) is 7.00. The van der Waals surface area contributed by atoms with Gasteiger partial charge in [0.15, 0.2) is 0 Å². The number of nitrogen functional groups attached to an aromatic ring is 1. The van der Waals surface area contributed by atoms with Gasteiger partial charge in [0, 0.05) is 6.07 Å². The van der Waals surface area contributed by atoms with E-state index in [1.54, 1.807) is 0 Å². The molecule has 1 aromatic rings. The van der Waals surface area contributed by atoms with Crippen LogP contribution in [0.1, 0.15) is 20.3 Å². The van der Waals surface area contributed by atoms with Crippen molar-refractivity contribution >= 4 is 21.6 Å². The third-order valence-electron chi connectivity index (χ3n) is 2.01. The molecule has 0 fully saturated rings. The highest BCUT2D eigenvalue weighted by Crippen LogP contribution is 2.28. The SMILES string of the molecule is CC(C)CCOc1cc(F)c(Br)cc1N. The molecule has 1 aromatic carbocycles. The average Bonchev–Trinajstić information content (AvgIpc) is 2.13. The second kappa shape index (κ2) is 5.35. The first-order valence-corrected chi connectivity index (χ1v) is 5.67. The molecule has 0 radical (unpaired) electrons. The molecule has 0 spiro atoms. The minimum Gasteiger partial charge on any atom is -0.491 e. The summed E-state index contributed by atoms with van der Waals surface area (Å²) in [6, 6.07) is 2.82. The third-order valence-corrected chi connectivity index (χ3v) is 2.61. The van der Waals surface area contributed by atoms with Gasteiger partial charge in [0.05, 0.1) is 16.8 Å². The largest absolute Gasteiger partial charge is 0.491 e. The maximum absolute atomic E-state index is 13.2. The molecule has 0 saturated carbocycles. The van der Waals surface area contributed by atoms with Crippen LogP contribution >= 0.6 is 15.9 Å². The van der Waals surface area contributed by atoms with Crippen molar-refractivity contribution in [2.75, 3.05) is 12.3 Å². The number of hydrogen-bond donors (Lipinski definition) is 1. The molecule has 15 heavy (non-hydrogen) atoms. The highest BCUT2D eigenvalue weighted by atomic mass is 79.9. The molecule has 2 nitrogen and oxygen atoms in total. The van der Waals surface area contributed by atoms with Crippen LogP contribution in [0, 0.1) is 11.7 Å². The Morgan fingerprint density at radius 3 is 2.73 bits per heavy atom. The van der Waals surface area contributed by atoms with Gasteiger partial charge in [0.1, 0.15) is 11.6 Å². The van der Waals surface area contributed by atoms with Crippen LogP contribution in [0.15, 0.2) is 16.6 Å². The van der Waals surface area contributed by atoms with Crippen molar-refractivity contribution in [2.24, 2.45) is 5.92 Å². The number of ether oxygens (including phenoxy) is 1. The number of rotatable bonds is 4. The Bertz CT molecular complexity index is 342. The average molecular weight is 276 g/mol. The Balaban J connectivity index is 2.65. The molecule has 0 unspecified atom stereocenters. The van der Waals surface area contributed by atoms with Gasteiger partial charge >= 0.3 is 0 Å². The van der Waals surface area contributed by atoms with E-state index in [2.05, 4.69) is 29.8 Å². The number of nitrogens with two attached hydrogens (primary N) is 1. The van der Waals surface area contributed by atoms with Crippen LogP contribution in [0.4, 0.5) is 10.1 Å². The van der Waals surface area contributed by atoms with Crippen LogP contribution in [-0.4, -0.2) is 6.61 Å². The van der Waals surface area contributed by atoms with Crippen LogP contribution in [0.5, 0.6) is 5.75 Å². The van der Waals surface area contributed by atoms with Crippen LogP contribution in [0.3, 0.4) is 0 Å². The normalized spacial score (nSPS) is 10.7. The summed E-state index contributed by atoms with van der Waals surface area (Å²) in [5.41, 5.74) is 6.14. The molecule has 0 saturated heterocycles. The molecule has 0 aliphatic rings. The summed E-state index contributed by atoms with van der Waals surface area (Å²) in [7, 11) is 0. The lowest BCUT2D eigenvalue weighted by Crippen LogP contribution is -2.03. The van der Waals surface area contributed by atoms with E-state index in [1.165, 1.54) is 12.1 Å². The van der Waals surface area contributed by atoms with Crippen LogP contribution in [-0.2, 0) is 0 Å². The van der Waals surface area contributed by atoms with Crippen molar-refractivity contribution in [2.45, 2.75) is 20.3 Å². The van der Waals surface area contributed by atoms with Crippen LogP contribution < -0.4 is 10.5 Å². The molecule has 0 atom stereocenters. The maximum atomic E-state index is 13.2. The number of benzene rings is 1. The Labute approximate surface area is 97.7 Å². The van der Waals surface area contributed by atoms with Crippen molar-refractivity contribution in [3.05, 3.63) is 22.4 Å². The summed E-state index contributed by atoms with van der Waals surface area (Å²) in [5.74, 6) is 0.617. The van der Waals surface area contributed by atoms with Gasteiger partial charge in [-0.25, -0.2) is 4.39 Å². The van der Waals surface area contributed by atoms with Gasteiger partial charge in [-0.15, -0.1) is 0 Å². The third kappa shape index (κ3) is 3.70. The molecule has 0 amide bonds. The second-order valence-corrected chi connectivity index (χ2v) is 4.69. The van der Waals surface area contributed by atoms with E-state index in [0.717, 1.165) is 6.42 Å². The Hall–Kier alpha value is -0.770. The van der Waals surface area contributed by atoms with Gasteiger partial charge in [0.25, 0.3) is 0 Å². The van der Waals surface area contributed by atoms with E-state index in [9.17, 15) is 4.39 Å². The molecule has 0 aliphatic heterocycles. The zero-order valence-corrected chi connectivity index (χ0v) is 10.5. The highest BCUT2D eigenvalue weighted by Gasteiger charge is 2.07. The first-order valence-electron chi connectivity index (χ1n) is 4.88. The Kier molecular flexibility index (Phi) is 4.39. The molecular weight excluding hydrogens is 261 g/mol. The number of anilines is 1. The van der Waals surface area contributed by atoms with Crippen molar-refractivity contribution in [3.8, 4) is 5.75 Å². The maximum Gasteiger partial charge on any atom is 0.145 e. The molecule has 0 heterocycles. The Morgan fingerprint density at radius 2 is 2.13 bits per heavy atom. The number of hydrogen-bond acceptors (Lipinski definition) is 2. The molecule has 84 valence electrons. The highest BCUT2D eigenvalue weighted by molar-refractivity contribution is 9.10. The van der Waals surface area contributed by atoms with Crippen molar-refractivity contribution in [1.82, 2.24) is 0 Å². The topological polar surface area (TPSA) is 35.2 Å². The summed E-state index contributed by atoms with van der Waals surface area (Å²) in [5, 5.41) is 0. The van der Waals surface area contributed by atoms with Gasteiger partial charge in [-0.2, -0.15) is 0 Å². The van der Waals surface area contributed by atoms with Crippen molar-refractivity contribution in [3.63, 3.8) is 0 Å². The lowest BCUT2D eigenvalue weighted by atomic mass is 10.1. The van der Waals surface area contributed by atoms with Gasteiger partial charge in [0.2, 0.25) is 0 Å². The lowest BCUT2D eigenvalue weighted by molar-refractivity contribution is 0.289. The summed E-state index contributed by atoms with van der Waals surface area (Å²) in [6.45, 7) is 4.77. The standard InChI is InChI=1S/C11H15BrFNO/c1-7(2)3-4-15-11-6-9(13)8(12)5-10(11)14/h5-7H,3-4,14H2,1-2H3. The fourth-order valence-electron chi connectivity index (χ4n) is 1.07. The molecular formula is C11H15BrFNO. The smallest absolute Gasteiger partial charge is 0.145 e. The van der Waals surface area contributed by atoms with Gasteiger partial charge in [-0.1, -0.05) is 13.8 Å². The van der Waals surface area contributed by atoms with Crippen molar-refractivity contribution in [1.29, 1.82) is 0 Å². The van der Waals surface area contributed by atoms with Gasteiger partial charge in [-0.05, 0) is 34.3 Å². The monoisotopic (exact) mass is 275 g/mol. The molecule has 2 N–H and O–H groups in total. The molecule has 1 rings (SSSR count). The van der Waals surface area contributed by atoms with Crippen molar-refractivity contribution < 1.29 is 9.13 Å². The minimum atomic E-state index is -0.358. The molecule has 4 heteroatoms. The summed E-state index contributed by atoms with van der Waals surface area (Å²) in [4.78, 5) is 0. The second-order valence-electron chi connectivity index (χ2n) is 3.84. The van der Waals surface area contributed by atoms with E-state index in [0.29, 0.717) is 28.4 Å². The fourth-order valence-corrected chi connectivity index (χ4v) is 1.43. The van der Waals surface area contributed by atoms with Gasteiger partial charge < -0.3 is 10.5 Å². The molecule has 0 aromatic heterocycles. The lowest BCUT2D eigenvalue weighted by Gasteiger charge is -2.10. The Morgan fingerprint density at radius 1 is 1.47 bits per heavy atom. The zero-order valence-electron chi connectivity index (χ0n) is 8.89. The summed E-state index contributed by atoms with van der Waals surface area (Å²) < 4.78 is 18.9. The van der Waals surface area contributed by atoms with E-state index >= 15 is 0 Å². The van der Waals surface area contributed by atoms with Crippen LogP contribution in [0.25, 0.3) is 0 Å². The summed E-state index contributed by atoms with van der Waals surface area (Å²) >= 11 is 3.06. The quantitative estimate of drug-likeness (QED) is 0.853. The summed E-state index contributed by atoms with van der Waals surface area (Å²) in [6.07, 6.45) is 0.928. The van der Waals surface area contributed by atoms with Crippen LogP contribution in [0.2, 0.25) is 0 Å². The number of halogens is 2. The van der Waals surface area contributed by atoms with E-state index < -0.39 is 0 Å². The van der Waals surface area contributed by atoms with Gasteiger partial charge in [-0.3, -0.25) is 0 Å². The van der Waals surface area contributed by atoms with E-state index in [1.807, 2.05) is 0 Å². The van der Waals surface area contributed by atoms with E-state index in [-0.39, 0.29) is 5.82 Å². The first kappa shape index (κ1) is 12.3. The predicted octanol–water partition coefficient (Wildman–Crippen LogP) is 3.60.